The summed E-state index contributed by atoms with van der Waals surface area (Å²) in [6, 6.07) is 7.67. The highest BCUT2D eigenvalue weighted by atomic mass is 16.5. The summed E-state index contributed by atoms with van der Waals surface area (Å²) in [4.78, 5) is 28.3. The van der Waals surface area contributed by atoms with Crippen molar-refractivity contribution in [2.24, 2.45) is 5.92 Å². The molecule has 2 saturated heterocycles. The minimum Gasteiger partial charge on any atom is -0.484 e. The molecule has 0 radical (unpaired) electrons. The summed E-state index contributed by atoms with van der Waals surface area (Å²) in [5.74, 6) is 1.24. The molecule has 7 nitrogen and oxygen atoms in total. The molecular weight excluding hydrogens is 370 g/mol. The lowest BCUT2D eigenvalue weighted by molar-refractivity contribution is -0.123. The second-order valence-corrected chi connectivity index (χ2v) is 8.17. The van der Waals surface area contributed by atoms with Crippen LogP contribution in [0.1, 0.15) is 33.1 Å². The van der Waals surface area contributed by atoms with E-state index in [-0.39, 0.29) is 18.4 Å². The molecule has 3 rings (SSSR count). The Bertz CT molecular complexity index is 671. The maximum Gasteiger partial charge on any atom is 0.257 e. The van der Waals surface area contributed by atoms with Gasteiger partial charge in [0.15, 0.2) is 6.61 Å². The fourth-order valence-corrected chi connectivity index (χ4v) is 3.92. The summed E-state index contributed by atoms with van der Waals surface area (Å²) in [7, 11) is 0. The monoisotopic (exact) mass is 403 g/mol. The Morgan fingerprint density at radius 2 is 1.90 bits per heavy atom. The van der Waals surface area contributed by atoms with Crippen molar-refractivity contribution in [3.63, 3.8) is 0 Å². The smallest absolute Gasteiger partial charge is 0.257 e. The fraction of sp³-hybridized carbons (Fsp3) is 0.636. The third kappa shape index (κ3) is 6.44. The zero-order valence-corrected chi connectivity index (χ0v) is 17.6. The van der Waals surface area contributed by atoms with E-state index in [0.717, 1.165) is 51.4 Å². The Hall–Kier alpha value is -2.12. The van der Waals surface area contributed by atoms with Crippen LogP contribution in [0.2, 0.25) is 0 Å². The van der Waals surface area contributed by atoms with E-state index in [2.05, 4.69) is 24.1 Å². The molecule has 160 valence electrons. The number of rotatable bonds is 9. The summed E-state index contributed by atoms with van der Waals surface area (Å²) in [6.45, 7) is 9.12. The van der Waals surface area contributed by atoms with Gasteiger partial charge < -0.3 is 19.7 Å². The highest BCUT2D eigenvalue weighted by Gasteiger charge is 2.23. The van der Waals surface area contributed by atoms with Crippen LogP contribution in [0.3, 0.4) is 0 Å². The molecule has 7 heteroatoms. The van der Waals surface area contributed by atoms with Gasteiger partial charge in [0.25, 0.3) is 5.91 Å². The molecule has 1 N–H and O–H groups in total. The van der Waals surface area contributed by atoms with Crippen LogP contribution in [0.25, 0.3) is 0 Å². The van der Waals surface area contributed by atoms with Gasteiger partial charge in [-0.1, -0.05) is 13.8 Å². The number of anilines is 1. The quantitative estimate of drug-likeness (QED) is 0.683. The third-order valence-electron chi connectivity index (χ3n) is 5.43. The van der Waals surface area contributed by atoms with E-state index in [0.29, 0.717) is 30.7 Å². The number of carbonyl (C=O) groups is 2. The Kier molecular flexibility index (Phi) is 7.89. The normalized spacial score (nSPS) is 18.9. The van der Waals surface area contributed by atoms with E-state index >= 15 is 0 Å². The van der Waals surface area contributed by atoms with Gasteiger partial charge in [0.2, 0.25) is 5.91 Å². The molecule has 1 atom stereocenters. The van der Waals surface area contributed by atoms with Gasteiger partial charge in [0, 0.05) is 44.3 Å². The van der Waals surface area contributed by atoms with Gasteiger partial charge in [-0.25, -0.2) is 0 Å². The van der Waals surface area contributed by atoms with Crippen LogP contribution < -0.4 is 15.0 Å². The molecule has 0 bridgehead atoms. The highest BCUT2D eigenvalue weighted by molar-refractivity contribution is 5.95. The minimum atomic E-state index is -0.120. The van der Waals surface area contributed by atoms with Crippen molar-refractivity contribution in [3.05, 3.63) is 24.3 Å². The van der Waals surface area contributed by atoms with Crippen LogP contribution in [0.4, 0.5) is 5.69 Å². The van der Waals surface area contributed by atoms with Crippen molar-refractivity contribution >= 4 is 17.5 Å². The number of hydrogen-bond donors (Lipinski definition) is 1. The van der Waals surface area contributed by atoms with Crippen LogP contribution in [-0.4, -0.2) is 68.8 Å². The maximum absolute atomic E-state index is 12.3. The first kappa shape index (κ1) is 21.6. The molecule has 1 aromatic rings. The van der Waals surface area contributed by atoms with Gasteiger partial charge in [-0.3, -0.25) is 14.5 Å². The molecule has 29 heavy (non-hydrogen) atoms. The van der Waals surface area contributed by atoms with E-state index in [1.165, 1.54) is 0 Å². The summed E-state index contributed by atoms with van der Waals surface area (Å²) >= 11 is 0. The second kappa shape index (κ2) is 10.6. The van der Waals surface area contributed by atoms with E-state index in [1.807, 2.05) is 24.3 Å². The standard InChI is InChI=1S/C22H33N3O4/c1-17(2)14-19(24-10-12-28-13-11-24)15-23-21(26)16-29-20-7-5-18(6-8-20)25-9-3-4-22(25)27/h5-8,17,19H,3-4,9-16H2,1-2H3,(H,23,26). The molecule has 2 aliphatic heterocycles. The van der Waals surface area contributed by atoms with Gasteiger partial charge in [0.05, 0.1) is 13.2 Å². The first-order valence-electron chi connectivity index (χ1n) is 10.6. The van der Waals surface area contributed by atoms with Crippen LogP contribution in [-0.2, 0) is 14.3 Å². The van der Waals surface area contributed by atoms with Gasteiger partial charge in [-0.2, -0.15) is 0 Å². The zero-order valence-electron chi connectivity index (χ0n) is 17.6. The molecular formula is C22H33N3O4. The lowest BCUT2D eigenvalue weighted by Gasteiger charge is -2.35. The Balaban J connectivity index is 1.44. The van der Waals surface area contributed by atoms with Crippen LogP contribution in [0.15, 0.2) is 24.3 Å². The highest BCUT2D eigenvalue weighted by Crippen LogP contribution is 2.23. The largest absolute Gasteiger partial charge is 0.484 e. The molecule has 2 fully saturated rings. The number of morpholine rings is 1. The number of nitrogens with zero attached hydrogens (tertiary/aromatic N) is 2. The molecule has 0 aromatic heterocycles. The molecule has 0 aliphatic carbocycles. The zero-order chi connectivity index (χ0) is 20.6. The Labute approximate surface area is 173 Å². The van der Waals surface area contributed by atoms with Gasteiger partial charge in [0.1, 0.15) is 5.75 Å². The van der Waals surface area contributed by atoms with E-state index in [4.69, 9.17) is 9.47 Å². The van der Waals surface area contributed by atoms with Gasteiger partial charge >= 0.3 is 0 Å². The lowest BCUT2D eigenvalue weighted by Crippen LogP contribution is -2.49. The average Bonchev–Trinajstić information content (AvgIpc) is 3.16. The summed E-state index contributed by atoms with van der Waals surface area (Å²) in [5, 5.41) is 3.02. The second-order valence-electron chi connectivity index (χ2n) is 8.17. The van der Waals surface area contributed by atoms with Crippen molar-refractivity contribution in [1.82, 2.24) is 10.2 Å². The van der Waals surface area contributed by atoms with Crippen molar-refractivity contribution in [2.75, 3.05) is 50.9 Å². The van der Waals surface area contributed by atoms with Crippen molar-refractivity contribution in [2.45, 2.75) is 39.2 Å². The summed E-state index contributed by atoms with van der Waals surface area (Å²) < 4.78 is 11.1. The Morgan fingerprint density at radius 1 is 1.17 bits per heavy atom. The number of amides is 2. The van der Waals surface area contributed by atoms with Crippen LogP contribution >= 0.6 is 0 Å². The van der Waals surface area contributed by atoms with Crippen molar-refractivity contribution < 1.29 is 19.1 Å². The third-order valence-corrected chi connectivity index (χ3v) is 5.43. The lowest BCUT2D eigenvalue weighted by atomic mass is 10.0. The van der Waals surface area contributed by atoms with Gasteiger partial charge in [-0.05, 0) is 43.0 Å². The van der Waals surface area contributed by atoms with Crippen LogP contribution in [0, 0.1) is 5.92 Å². The number of benzene rings is 1. The average molecular weight is 404 g/mol. The van der Waals surface area contributed by atoms with E-state index in [1.54, 1.807) is 4.90 Å². The molecule has 2 amide bonds. The topological polar surface area (TPSA) is 71.1 Å². The molecule has 0 spiro atoms. The number of ether oxygens (including phenoxy) is 2. The summed E-state index contributed by atoms with van der Waals surface area (Å²) in [6.07, 6.45) is 2.55. The summed E-state index contributed by atoms with van der Waals surface area (Å²) in [5.41, 5.74) is 0.881. The van der Waals surface area contributed by atoms with Crippen molar-refractivity contribution in [3.8, 4) is 5.75 Å². The van der Waals surface area contributed by atoms with E-state index < -0.39 is 0 Å². The molecule has 1 aromatic carbocycles. The predicted octanol–water partition coefficient (Wildman–Crippen LogP) is 2.06. The Morgan fingerprint density at radius 3 is 2.52 bits per heavy atom. The van der Waals surface area contributed by atoms with Crippen LogP contribution in [0.5, 0.6) is 5.75 Å². The molecule has 2 aliphatic rings. The maximum atomic E-state index is 12.3. The fourth-order valence-electron chi connectivity index (χ4n) is 3.92. The van der Waals surface area contributed by atoms with E-state index in [9.17, 15) is 9.59 Å². The SMILES string of the molecule is CC(C)CC(CNC(=O)COc1ccc(N2CCCC2=O)cc1)N1CCOCC1. The first-order chi connectivity index (χ1) is 14.0. The molecule has 2 heterocycles. The molecule has 0 saturated carbocycles. The van der Waals surface area contributed by atoms with Gasteiger partial charge in [-0.15, -0.1) is 0 Å². The predicted molar refractivity (Wildman–Crippen MR) is 112 cm³/mol. The minimum absolute atomic E-state index is 0.0144. The van der Waals surface area contributed by atoms with Crippen molar-refractivity contribution in [1.29, 1.82) is 0 Å². The number of hydrogen-bond acceptors (Lipinski definition) is 5. The first-order valence-corrected chi connectivity index (χ1v) is 10.6. The molecule has 1 unspecified atom stereocenters. The number of nitrogens with one attached hydrogen (secondary N) is 1. The number of carbonyl (C=O) groups excluding carboxylic acids is 2.